The van der Waals surface area contributed by atoms with Crippen molar-refractivity contribution in [3.8, 4) is 5.75 Å². The van der Waals surface area contributed by atoms with E-state index >= 15 is 0 Å². The number of aldehydes is 1. The lowest BCUT2D eigenvalue weighted by molar-refractivity contribution is 0.111. The summed E-state index contributed by atoms with van der Waals surface area (Å²) in [6.07, 6.45) is 1.54. The molecule has 12 heavy (non-hydrogen) atoms. The van der Waals surface area contributed by atoms with Crippen LogP contribution in [0.3, 0.4) is 0 Å². The van der Waals surface area contributed by atoms with Gasteiger partial charge in [-0.25, -0.2) is 4.98 Å². The fourth-order valence-electron chi connectivity index (χ4n) is 0.780. The van der Waals surface area contributed by atoms with Crippen LogP contribution in [0, 0.1) is 0 Å². The standard InChI is InChI=1S/C6H6BNO4/c9-3-5-6(10)4(7(11)12)1-2-8-5/h1-3,10-12H. The van der Waals surface area contributed by atoms with Gasteiger partial charge in [-0.1, -0.05) is 0 Å². The second kappa shape index (κ2) is 3.33. The summed E-state index contributed by atoms with van der Waals surface area (Å²) in [5.41, 5.74) is -0.340. The SMILES string of the molecule is O=Cc1nccc(B(O)O)c1O. The summed E-state index contributed by atoms with van der Waals surface area (Å²) in [5.74, 6) is -0.498. The van der Waals surface area contributed by atoms with Crippen LogP contribution in [-0.2, 0) is 0 Å². The molecule has 0 unspecified atom stereocenters. The largest absolute Gasteiger partial charge is 0.506 e. The van der Waals surface area contributed by atoms with Crippen molar-refractivity contribution in [3.05, 3.63) is 18.0 Å². The lowest BCUT2D eigenvalue weighted by atomic mass is 9.80. The predicted octanol–water partition coefficient (Wildman–Crippen LogP) is -1.72. The summed E-state index contributed by atoms with van der Waals surface area (Å²) in [7, 11) is -1.80. The van der Waals surface area contributed by atoms with Crippen LogP contribution >= 0.6 is 0 Å². The Morgan fingerprint density at radius 1 is 1.50 bits per heavy atom. The minimum atomic E-state index is -1.80. The number of hydrogen-bond acceptors (Lipinski definition) is 5. The third kappa shape index (κ3) is 1.44. The highest BCUT2D eigenvalue weighted by Crippen LogP contribution is 2.07. The van der Waals surface area contributed by atoms with Crippen LogP contribution in [0.5, 0.6) is 5.75 Å². The number of carbonyl (C=O) groups is 1. The number of nitrogens with zero attached hydrogens (tertiary/aromatic N) is 1. The molecule has 1 rings (SSSR count). The summed E-state index contributed by atoms with van der Waals surface area (Å²) in [5, 5.41) is 26.5. The Morgan fingerprint density at radius 3 is 2.67 bits per heavy atom. The molecule has 0 aromatic carbocycles. The first-order chi connectivity index (χ1) is 5.66. The van der Waals surface area contributed by atoms with Crippen LogP contribution in [0.25, 0.3) is 0 Å². The van der Waals surface area contributed by atoms with Crippen molar-refractivity contribution in [2.24, 2.45) is 0 Å². The number of hydrogen-bond donors (Lipinski definition) is 3. The highest BCUT2D eigenvalue weighted by Gasteiger charge is 2.18. The molecular weight excluding hydrogens is 161 g/mol. The molecule has 0 aliphatic rings. The average Bonchev–Trinajstić information content (AvgIpc) is 2.04. The fourth-order valence-corrected chi connectivity index (χ4v) is 0.780. The van der Waals surface area contributed by atoms with Crippen molar-refractivity contribution in [2.45, 2.75) is 0 Å². The zero-order valence-corrected chi connectivity index (χ0v) is 6.01. The molecule has 3 N–H and O–H groups in total. The third-order valence-electron chi connectivity index (χ3n) is 1.37. The van der Waals surface area contributed by atoms with E-state index in [0.29, 0.717) is 6.29 Å². The van der Waals surface area contributed by atoms with Crippen LogP contribution in [0.2, 0.25) is 0 Å². The Kier molecular flexibility index (Phi) is 2.42. The number of pyridine rings is 1. The van der Waals surface area contributed by atoms with E-state index in [1.807, 2.05) is 0 Å². The van der Waals surface area contributed by atoms with Crippen molar-refractivity contribution in [1.82, 2.24) is 4.98 Å². The molecule has 0 aliphatic carbocycles. The number of aromatic hydroxyl groups is 1. The van der Waals surface area contributed by atoms with Gasteiger partial charge in [0.1, 0.15) is 11.4 Å². The van der Waals surface area contributed by atoms with E-state index in [-0.39, 0.29) is 11.2 Å². The highest BCUT2D eigenvalue weighted by molar-refractivity contribution is 6.59. The fraction of sp³-hybridized carbons (Fsp3) is 0. The van der Waals surface area contributed by atoms with Gasteiger partial charge in [0.15, 0.2) is 6.29 Å². The van der Waals surface area contributed by atoms with Crippen LogP contribution in [0.1, 0.15) is 10.5 Å². The molecule has 0 spiro atoms. The molecule has 0 radical (unpaired) electrons. The molecule has 0 amide bonds. The van der Waals surface area contributed by atoms with Crippen LogP contribution < -0.4 is 5.46 Å². The zero-order chi connectivity index (χ0) is 9.14. The Balaban J connectivity index is 3.22. The normalized spacial score (nSPS) is 9.50. The van der Waals surface area contributed by atoms with Gasteiger partial charge in [0.25, 0.3) is 0 Å². The minimum absolute atomic E-state index is 0.132. The maximum absolute atomic E-state index is 10.2. The van der Waals surface area contributed by atoms with Gasteiger partial charge in [0.2, 0.25) is 0 Å². The molecule has 5 nitrogen and oxygen atoms in total. The molecule has 0 saturated heterocycles. The smallest absolute Gasteiger partial charge is 0.492 e. The van der Waals surface area contributed by atoms with Crippen LogP contribution in [-0.4, -0.2) is 33.5 Å². The Labute approximate surface area is 68.5 Å². The number of rotatable bonds is 2. The van der Waals surface area contributed by atoms with Gasteiger partial charge in [-0.15, -0.1) is 0 Å². The van der Waals surface area contributed by atoms with Crippen molar-refractivity contribution in [3.63, 3.8) is 0 Å². The third-order valence-corrected chi connectivity index (χ3v) is 1.37. The number of aromatic nitrogens is 1. The molecule has 0 aliphatic heterocycles. The van der Waals surface area contributed by atoms with E-state index in [4.69, 9.17) is 15.2 Å². The molecule has 0 fully saturated rings. The molecule has 1 aromatic heterocycles. The van der Waals surface area contributed by atoms with Crippen molar-refractivity contribution >= 4 is 18.9 Å². The Bertz CT molecular complexity index is 302. The molecule has 0 bridgehead atoms. The molecule has 0 saturated carbocycles. The predicted molar refractivity (Wildman–Crippen MR) is 41.1 cm³/mol. The van der Waals surface area contributed by atoms with E-state index in [9.17, 15) is 4.79 Å². The minimum Gasteiger partial charge on any atom is -0.506 e. The van der Waals surface area contributed by atoms with Crippen molar-refractivity contribution in [2.75, 3.05) is 0 Å². The molecule has 62 valence electrons. The summed E-state index contributed by atoms with van der Waals surface area (Å²) in [4.78, 5) is 13.7. The first-order valence-corrected chi connectivity index (χ1v) is 3.16. The number of carbonyl (C=O) groups excluding carboxylic acids is 1. The van der Waals surface area contributed by atoms with Gasteiger partial charge in [-0.2, -0.15) is 0 Å². The van der Waals surface area contributed by atoms with E-state index in [2.05, 4.69) is 4.98 Å². The van der Waals surface area contributed by atoms with E-state index < -0.39 is 12.9 Å². The average molecular weight is 167 g/mol. The summed E-state index contributed by atoms with van der Waals surface area (Å²) < 4.78 is 0. The second-order valence-electron chi connectivity index (χ2n) is 2.13. The van der Waals surface area contributed by atoms with Gasteiger partial charge in [0.05, 0.1) is 0 Å². The molecule has 1 aromatic rings. The Hall–Kier alpha value is -1.40. The summed E-state index contributed by atoms with van der Waals surface area (Å²) >= 11 is 0. The maximum atomic E-state index is 10.2. The molecule has 6 heteroatoms. The Morgan fingerprint density at radius 2 is 2.17 bits per heavy atom. The van der Waals surface area contributed by atoms with Gasteiger partial charge in [-0.05, 0) is 6.07 Å². The monoisotopic (exact) mass is 167 g/mol. The molecule has 1 heterocycles. The first kappa shape index (κ1) is 8.70. The van der Waals surface area contributed by atoms with E-state index in [1.165, 1.54) is 12.3 Å². The molecular formula is C6H6BNO4. The quantitative estimate of drug-likeness (QED) is 0.360. The van der Waals surface area contributed by atoms with Crippen LogP contribution in [0.4, 0.5) is 0 Å². The van der Waals surface area contributed by atoms with Gasteiger partial charge in [-0.3, -0.25) is 4.79 Å². The first-order valence-electron chi connectivity index (χ1n) is 3.16. The maximum Gasteiger partial charge on any atom is 0.492 e. The molecule has 0 atom stereocenters. The van der Waals surface area contributed by atoms with Crippen LogP contribution in [0.15, 0.2) is 12.3 Å². The van der Waals surface area contributed by atoms with Gasteiger partial charge < -0.3 is 15.2 Å². The topological polar surface area (TPSA) is 90.7 Å². The lowest BCUT2D eigenvalue weighted by Crippen LogP contribution is -2.30. The summed E-state index contributed by atoms with van der Waals surface area (Å²) in [6.45, 7) is 0. The zero-order valence-electron chi connectivity index (χ0n) is 6.01. The van der Waals surface area contributed by atoms with Crippen molar-refractivity contribution in [1.29, 1.82) is 0 Å². The van der Waals surface area contributed by atoms with E-state index in [0.717, 1.165) is 0 Å². The van der Waals surface area contributed by atoms with Gasteiger partial charge in [0, 0.05) is 11.7 Å². The van der Waals surface area contributed by atoms with Gasteiger partial charge >= 0.3 is 7.12 Å². The van der Waals surface area contributed by atoms with Crippen molar-refractivity contribution < 1.29 is 19.9 Å². The lowest BCUT2D eigenvalue weighted by Gasteiger charge is -2.02. The highest BCUT2D eigenvalue weighted by atomic mass is 16.4. The second-order valence-corrected chi connectivity index (χ2v) is 2.13. The van der Waals surface area contributed by atoms with E-state index in [1.54, 1.807) is 0 Å². The summed E-state index contributed by atoms with van der Waals surface area (Å²) in [6, 6.07) is 1.22.